The maximum absolute atomic E-state index is 11.8. The Labute approximate surface area is 112 Å². The number of piperazine rings is 1. The Bertz CT molecular complexity index is 416. The number of carbonyl (C=O) groups excluding carboxylic acids is 2. The van der Waals surface area contributed by atoms with E-state index in [0.29, 0.717) is 26.2 Å². The predicted octanol–water partition coefficient (Wildman–Crippen LogP) is -0.528. The van der Waals surface area contributed by atoms with Crippen LogP contribution >= 0.6 is 0 Å². The summed E-state index contributed by atoms with van der Waals surface area (Å²) in [6.45, 7) is 3.77. The first-order chi connectivity index (χ1) is 9.28. The van der Waals surface area contributed by atoms with Gasteiger partial charge in [0.05, 0.1) is 6.54 Å². The van der Waals surface area contributed by atoms with E-state index in [2.05, 4.69) is 15.2 Å². The first-order valence-electron chi connectivity index (χ1n) is 6.35. The zero-order valence-electron chi connectivity index (χ0n) is 10.8. The van der Waals surface area contributed by atoms with E-state index in [9.17, 15) is 9.59 Å². The van der Waals surface area contributed by atoms with Crippen molar-refractivity contribution in [1.82, 2.24) is 20.1 Å². The molecule has 1 saturated heterocycles. The van der Waals surface area contributed by atoms with Gasteiger partial charge in [-0.2, -0.15) is 0 Å². The number of hydrogen-bond donors (Lipinski definition) is 1. The number of pyridine rings is 1. The van der Waals surface area contributed by atoms with Crippen molar-refractivity contribution in [2.45, 2.75) is 6.54 Å². The van der Waals surface area contributed by atoms with E-state index in [1.54, 1.807) is 17.3 Å². The molecular formula is C13H18N4O2. The van der Waals surface area contributed by atoms with Crippen LogP contribution in [-0.2, 0) is 16.1 Å². The van der Waals surface area contributed by atoms with E-state index >= 15 is 0 Å². The molecule has 1 aliphatic rings. The highest BCUT2D eigenvalue weighted by atomic mass is 16.2. The third-order valence-corrected chi connectivity index (χ3v) is 3.14. The molecule has 102 valence electrons. The third kappa shape index (κ3) is 4.33. The second kappa shape index (κ2) is 6.84. The Balaban J connectivity index is 1.69. The van der Waals surface area contributed by atoms with E-state index < -0.39 is 0 Å². The molecule has 2 amide bonds. The minimum Gasteiger partial charge on any atom is -0.351 e. The summed E-state index contributed by atoms with van der Waals surface area (Å²) in [7, 11) is 0. The second-order valence-electron chi connectivity index (χ2n) is 4.56. The number of hydrogen-bond acceptors (Lipinski definition) is 4. The van der Waals surface area contributed by atoms with Gasteiger partial charge in [-0.05, 0) is 11.6 Å². The fourth-order valence-corrected chi connectivity index (χ4v) is 1.99. The lowest BCUT2D eigenvalue weighted by molar-refractivity contribution is -0.123. The van der Waals surface area contributed by atoms with Crippen LogP contribution in [0.2, 0.25) is 0 Å². The molecule has 0 spiro atoms. The van der Waals surface area contributed by atoms with Crippen molar-refractivity contribution >= 4 is 12.3 Å². The molecule has 0 radical (unpaired) electrons. The summed E-state index contributed by atoms with van der Waals surface area (Å²) in [5.41, 5.74) is 0.988. The van der Waals surface area contributed by atoms with Gasteiger partial charge in [-0.1, -0.05) is 6.07 Å². The molecule has 0 unspecified atom stereocenters. The number of carbonyl (C=O) groups is 2. The van der Waals surface area contributed by atoms with Crippen LogP contribution in [0.4, 0.5) is 0 Å². The minimum atomic E-state index is 0.00315. The number of rotatable bonds is 5. The van der Waals surface area contributed by atoms with Crippen molar-refractivity contribution in [3.63, 3.8) is 0 Å². The number of aromatic nitrogens is 1. The Morgan fingerprint density at radius 1 is 1.37 bits per heavy atom. The van der Waals surface area contributed by atoms with E-state index in [1.807, 2.05) is 12.1 Å². The van der Waals surface area contributed by atoms with Crippen LogP contribution in [0.1, 0.15) is 5.56 Å². The average Bonchev–Trinajstić information content (AvgIpc) is 2.47. The van der Waals surface area contributed by atoms with Crippen molar-refractivity contribution in [2.24, 2.45) is 0 Å². The lowest BCUT2D eigenvalue weighted by Gasteiger charge is -2.31. The third-order valence-electron chi connectivity index (χ3n) is 3.14. The lowest BCUT2D eigenvalue weighted by Crippen LogP contribution is -2.48. The molecule has 2 rings (SSSR count). The van der Waals surface area contributed by atoms with Crippen LogP contribution in [0.25, 0.3) is 0 Å². The monoisotopic (exact) mass is 262 g/mol. The van der Waals surface area contributed by atoms with Crippen LogP contribution in [0.3, 0.4) is 0 Å². The topological polar surface area (TPSA) is 65.5 Å². The SMILES string of the molecule is O=CN1CCN(CC(=O)NCc2cccnc2)CC1. The summed E-state index contributed by atoms with van der Waals surface area (Å²) in [5, 5.41) is 2.87. The summed E-state index contributed by atoms with van der Waals surface area (Å²) in [6, 6.07) is 3.77. The zero-order valence-corrected chi connectivity index (χ0v) is 10.8. The fraction of sp³-hybridized carbons (Fsp3) is 0.462. The van der Waals surface area contributed by atoms with Crippen molar-refractivity contribution in [3.05, 3.63) is 30.1 Å². The normalized spacial score (nSPS) is 16.1. The molecule has 0 aromatic carbocycles. The average molecular weight is 262 g/mol. The molecule has 19 heavy (non-hydrogen) atoms. The van der Waals surface area contributed by atoms with Crippen LogP contribution < -0.4 is 5.32 Å². The Morgan fingerprint density at radius 3 is 2.79 bits per heavy atom. The van der Waals surface area contributed by atoms with E-state index in [4.69, 9.17) is 0 Å². The molecule has 1 aromatic rings. The van der Waals surface area contributed by atoms with Crippen LogP contribution in [0.5, 0.6) is 0 Å². The summed E-state index contributed by atoms with van der Waals surface area (Å²) in [6.07, 6.45) is 4.31. The smallest absolute Gasteiger partial charge is 0.234 e. The highest BCUT2D eigenvalue weighted by molar-refractivity contribution is 5.78. The first kappa shape index (κ1) is 13.5. The van der Waals surface area contributed by atoms with Gasteiger partial charge in [-0.25, -0.2) is 0 Å². The Morgan fingerprint density at radius 2 is 2.16 bits per heavy atom. The van der Waals surface area contributed by atoms with Gasteiger partial charge in [-0.15, -0.1) is 0 Å². The van der Waals surface area contributed by atoms with Crippen molar-refractivity contribution in [1.29, 1.82) is 0 Å². The minimum absolute atomic E-state index is 0.00315. The lowest BCUT2D eigenvalue weighted by atomic mass is 10.3. The maximum atomic E-state index is 11.8. The second-order valence-corrected chi connectivity index (χ2v) is 4.56. The first-order valence-corrected chi connectivity index (χ1v) is 6.35. The molecular weight excluding hydrogens is 244 g/mol. The number of nitrogens with one attached hydrogen (secondary N) is 1. The van der Waals surface area contributed by atoms with Gasteiger partial charge in [0.15, 0.2) is 0 Å². The van der Waals surface area contributed by atoms with Gasteiger partial charge in [0, 0.05) is 45.1 Å². The van der Waals surface area contributed by atoms with Gasteiger partial charge in [0.2, 0.25) is 12.3 Å². The van der Waals surface area contributed by atoms with Gasteiger partial charge in [-0.3, -0.25) is 19.5 Å². The molecule has 0 aliphatic carbocycles. The Hall–Kier alpha value is -1.95. The fourth-order valence-electron chi connectivity index (χ4n) is 1.99. The van der Waals surface area contributed by atoms with Crippen molar-refractivity contribution in [2.75, 3.05) is 32.7 Å². The van der Waals surface area contributed by atoms with Crippen LogP contribution in [0, 0.1) is 0 Å². The predicted molar refractivity (Wildman–Crippen MR) is 70.2 cm³/mol. The van der Waals surface area contributed by atoms with Gasteiger partial charge < -0.3 is 10.2 Å². The quantitative estimate of drug-likeness (QED) is 0.725. The van der Waals surface area contributed by atoms with Crippen LogP contribution in [0.15, 0.2) is 24.5 Å². The highest BCUT2D eigenvalue weighted by Gasteiger charge is 2.17. The molecule has 0 saturated carbocycles. The highest BCUT2D eigenvalue weighted by Crippen LogP contribution is 1.99. The molecule has 2 heterocycles. The standard InChI is InChI=1S/C13H18N4O2/c18-11-17-6-4-16(5-7-17)10-13(19)15-9-12-2-1-3-14-8-12/h1-3,8,11H,4-7,9-10H2,(H,15,19). The molecule has 1 fully saturated rings. The van der Waals surface area contributed by atoms with Crippen molar-refractivity contribution in [3.8, 4) is 0 Å². The summed E-state index contributed by atoms with van der Waals surface area (Å²) >= 11 is 0. The van der Waals surface area contributed by atoms with Gasteiger partial charge in [0.1, 0.15) is 0 Å². The van der Waals surface area contributed by atoms with E-state index in [0.717, 1.165) is 25.1 Å². The molecule has 1 aromatic heterocycles. The largest absolute Gasteiger partial charge is 0.351 e. The van der Waals surface area contributed by atoms with E-state index in [1.165, 1.54) is 0 Å². The van der Waals surface area contributed by atoms with Gasteiger partial charge >= 0.3 is 0 Å². The Kier molecular flexibility index (Phi) is 4.85. The molecule has 0 atom stereocenters. The van der Waals surface area contributed by atoms with Gasteiger partial charge in [0.25, 0.3) is 0 Å². The summed E-state index contributed by atoms with van der Waals surface area (Å²) in [4.78, 5) is 30.1. The number of nitrogens with zero attached hydrogens (tertiary/aromatic N) is 3. The van der Waals surface area contributed by atoms with Crippen molar-refractivity contribution < 1.29 is 9.59 Å². The van der Waals surface area contributed by atoms with Crippen LogP contribution in [-0.4, -0.2) is 59.8 Å². The molecule has 6 nitrogen and oxygen atoms in total. The zero-order chi connectivity index (χ0) is 13.5. The number of amides is 2. The summed E-state index contributed by atoms with van der Waals surface area (Å²) < 4.78 is 0. The molecule has 0 bridgehead atoms. The summed E-state index contributed by atoms with van der Waals surface area (Å²) in [5.74, 6) is 0.00315. The molecule has 1 N–H and O–H groups in total. The molecule has 1 aliphatic heterocycles. The molecule has 6 heteroatoms. The van der Waals surface area contributed by atoms with E-state index in [-0.39, 0.29) is 5.91 Å². The maximum Gasteiger partial charge on any atom is 0.234 e.